The van der Waals surface area contributed by atoms with Crippen molar-refractivity contribution < 1.29 is 42.6 Å². The fourth-order valence-corrected chi connectivity index (χ4v) is 11.1. The van der Waals surface area contributed by atoms with Gasteiger partial charge < -0.3 is 45.8 Å². The number of hydrogen-bond acceptors (Lipinski definition) is 12. The van der Waals surface area contributed by atoms with E-state index >= 15 is 0 Å². The number of amides is 5. The second-order valence-electron chi connectivity index (χ2n) is 21.3. The molecule has 3 atom stereocenters. The van der Waals surface area contributed by atoms with Crippen molar-refractivity contribution in [1.82, 2.24) is 35.6 Å². The fraction of sp³-hybridized carbons (Fsp3) is 0.421. The lowest BCUT2D eigenvalue weighted by Crippen LogP contribution is -2.57. The second-order valence-corrected chi connectivity index (χ2v) is 22.1. The van der Waals surface area contributed by atoms with Gasteiger partial charge in [-0.25, -0.2) is 13.8 Å². The van der Waals surface area contributed by atoms with Crippen LogP contribution < -0.4 is 26.2 Å². The van der Waals surface area contributed by atoms with Crippen LogP contribution in [-0.2, 0) is 36.9 Å². The number of nitrogens with zero attached hydrogens (tertiary/aromatic N) is 5. The number of aliphatic hydroxyl groups excluding tert-OH is 1. The average Bonchev–Trinajstić information content (AvgIpc) is 4.15. The summed E-state index contributed by atoms with van der Waals surface area (Å²) < 4.78 is 33.5. The number of benzene rings is 4. The summed E-state index contributed by atoms with van der Waals surface area (Å²) in [5, 5.41) is 31.1. The lowest BCUT2D eigenvalue weighted by molar-refractivity contribution is -0.144. The highest BCUT2D eigenvalue weighted by Gasteiger charge is 2.44. The minimum absolute atomic E-state index is 0.0125. The molecule has 5 heterocycles. The number of carbonyl (C=O) groups is 5. The molecule has 6 N–H and O–H groups in total. The van der Waals surface area contributed by atoms with Crippen LogP contribution in [0.1, 0.15) is 92.0 Å². The molecule has 3 aliphatic rings. The number of aliphatic hydroxyl groups is 1. The van der Waals surface area contributed by atoms with Gasteiger partial charge in [0.05, 0.1) is 33.3 Å². The number of aryl methyl sites for hydroxylation is 1. The Morgan fingerprint density at radius 2 is 1.61 bits per heavy atom. The highest BCUT2D eigenvalue weighted by molar-refractivity contribution is 7.13. The molecule has 0 unspecified atom stereocenters. The molecule has 4 aromatic carbocycles. The number of β-amino-alcohol motifs (C(OH)–C–C–N with tert-alkyl or cyclic N) is 1. The van der Waals surface area contributed by atoms with Gasteiger partial charge in [0.25, 0.3) is 5.91 Å². The van der Waals surface area contributed by atoms with E-state index in [4.69, 9.17) is 4.74 Å². The largest absolute Gasteiger partial charge is 0.391 e. The zero-order valence-corrected chi connectivity index (χ0v) is 44.6. The van der Waals surface area contributed by atoms with Gasteiger partial charge >= 0.3 is 0 Å². The van der Waals surface area contributed by atoms with Crippen LogP contribution in [0.15, 0.2) is 84.4 Å². The van der Waals surface area contributed by atoms with E-state index < -0.39 is 41.1 Å². The summed E-state index contributed by atoms with van der Waals surface area (Å²) in [7, 11) is 0. The van der Waals surface area contributed by atoms with Crippen LogP contribution in [0, 0.1) is 24.0 Å². The van der Waals surface area contributed by atoms with Gasteiger partial charge in [0, 0.05) is 101 Å². The van der Waals surface area contributed by atoms with E-state index in [1.54, 1.807) is 27.8 Å². The third kappa shape index (κ3) is 13.5. The zero-order chi connectivity index (χ0) is 54.4. The molecule has 0 saturated carbocycles. The standard InChI is InChI=1S/C57H66F2N10O7S/c1-34-51(77-33-61-34)38-11-8-35(9-12-38)31-60-55(74)48-30-43(70)32-69(48)56(75)52(57(2,3)4)63-49(71)6-5-7-50(72)68-20-18-67(19-21-68)42-13-14-44(47(29-42)62-41-16-22-76-23-17-41)54(73)64-53-45-27-36(10-15-46(45)65-66-53)24-37-25-39(58)28-40(59)26-37/h8-15,25-29,33,41,43,48,52,62,70H,5-7,16-24,30-32H2,1-4H3,(H,60,74)(H,63,71)(H2,64,65,66,73)/t43-,48+,52-/m1/s1. The predicted octanol–water partition coefficient (Wildman–Crippen LogP) is 7.34. The summed E-state index contributed by atoms with van der Waals surface area (Å²) in [6.45, 7) is 10.8. The number of aromatic amines is 1. The molecule has 77 heavy (non-hydrogen) atoms. The van der Waals surface area contributed by atoms with Crippen molar-refractivity contribution in [3.63, 3.8) is 0 Å². The molecule has 20 heteroatoms. The molecule has 0 spiro atoms. The van der Waals surface area contributed by atoms with Gasteiger partial charge in [0.2, 0.25) is 23.6 Å². The van der Waals surface area contributed by atoms with Gasteiger partial charge in [-0.15, -0.1) is 11.3 Å². The Bertz CT molecular complexity index is 3090. The average molecular weight is 1070 g/mol. The molecule has 6 aromatic rings. The maximum atomic E-state index is 14.2. The van der Waals surface area contributed by atoms with Crippen molar-refractivity contribution in [1.29, 1.82) is 0 Å². The lowest BCUT2D eigenvalue weighted by Gasteiger charge is -2.36. The molecule has 0 radical (unpaired) electrons. The van der Waals surface area contributed by atoms with Crippen LogP contribution in [0.25, 0.3) is 21.3 Å². The maximum absolute atomic E-state index is 14.2. The zero-order valence-electron chi connectivity index (χ0n) is 43.8. The number of ether oxygens (including phenoxy) is 1. The van der Waals surface area contributed by atoms with Crippen molar-refractivity contribution in [3.8, 4) is 10.4 Å². The van der Waals surface area contributed by atoms with Gasteiger partial charge in [0.1, 0.15) is 23.7 Å². The van der Waals surface area contributed by atoms with Gasteiger partial charge in [-0.1, -0.05) is 51.1 Å². The molecule has 17 nitrogen and oxygen atoms in total. The van der Waals surface area contributed by atoms with Crippen LogP contribution in [0.2, 0.25) is 0 Å². The van der Waals surface area contributed by atoms with Crippen molar-refractivity contribution in [2.24, 2.45) is 5.41 Å². The number of carbonyl (C=O) groups excluding carboxylic acids is 5. The first-order valence-electron chi connectivity index (χ1n) is 26.2. The predicted molar refractivity (Wildman–Crippen MR) is 291 cm³/mol. The van der Waals surface area contributed by atoms with Crippen molar-refractivity contribution in [2.45, 2.75) is 103 Å². The smallest absolute Gasteiger partial charge is 0.258 e. The SMILES string of the molecule is Cc1ncsc1-c1ccc(CNC(=O)[C@@H]2C[C@@H](O)CN2C(=O)[C@@H](NC(=O)CCCC(=O)N2CCN(c3ccc(C(=O)Nc4n[nH]c5ccc(Cc6cc(F)cc(F)c6)cc45)c(NC4CCOCC4)c3)CC2)C(C)(C)C)cc1. The minimum Gasteiger partial charge on any atom is -0.391 e. The Labute approximate surface area is 450 Å². The number of thiazole rings is 1. The van der Waals surface area contributed by atoms with E-state index in [9.17, 15) is 37.9 Å². The van der Waals surface area contributed by atoms with E-state index in [1.807, 2.05) is 82.3 Å². The Kier molecular flexibility index (Phi) is 16.9. The van der Waals surface area contributed by atoms with E-state index in [0.717, 1.165) is 51.9 Å². The first-order valence-corrected chi connectivity index (χ1v) is 27.1. The number of halogens is 2. The van der Waals surface area contributed by atoms with E-state index in [0.29, 0.717) is 72.9 Å². The normalized spacial score (nSPS) is 17.6. The third-order valence-corrected chi connectivity index (χ3v) is 15.5. The van der Waals surface area contributed by atoms with Crippen LogP contribution in [0.4, 0.5) is 26.0 Å². The molecule has 9 rings (SSSR count). The van der Waals surface area contributed by atoms with E-state index in [2.05, 4.69) is 41.3 Å². The van der Waals surface area contributed by atoms with E-state index in [1.165, 1.54) is 17.0 Å². The summed E-state index contributed by atoms with van der Waals surface area (Å²) in [5.74, 6) is -2.68. The lowest BCUT2D eigenvalue weighted by atomic mass is 9.85. The van der Waals surface area contributed by atoms with Gasteiger partial charge in [-0.05, 0) is 103 Å². The fourth-order valence-electron chi connectivity index (χ4n) is 10.3. The number of piperazine rings is 1. The number of aromatic nitrogens is 3. The Balaban J connectivity index is 0.768. The number of fused-ring (bicyclic) bond motifs is 1. The number of rotatable bonds is 17. The molecule has 3 saturated heterocycles. The Morgan fingerprint density at radius 1 is 0.883 bits per heavy atom. The van der Waals surface area contributed by atoms with E-state index in [-0.39, 0.29) is 74.9 Å². The molecule has 3 fully saturated rings. The summed E-state index contributed by atoms with van der Waals surface area (Å²) >= 11 is 1.56. The first-order chi connectivity index (χ1) is 36.9. The number of anilines is 3. The van der Waals surface area contributed by atoms with Crippen molar-refractivity contribution in [3.05, 3.63) is 124 Å². The van der Waals surface area contributed by atoms with Gasteiger partial charge in [-0.3, -0.25) is 29.1 Å². The first kappa shape index (κ1) is 54.5. The van der Waals surface area contributed by atoms with Crippen molar-refractivity contribution >= 4 is 69.0 Å². The molecular weight excluding hydrogens is 1010 g/mol. The highest BCUT2D eigenvalue weighted by atomic mass is 32.1. The summed E-state index contributed by atoms with van der Waals surface area (Å²) in [6.07, 6.45) is 1.40. The number of hydrogen-bond donors (Lipinski definition) is 6. The third-order valence-electron chi connectivity index (χ3n) is 14.5. The molecular formula is C57H66F2N10O7S. The van der Waals surface area contributed by atoms with Gasteiger partial charge in [-0.2, -0.15) is 5.10 Å². The van der Waals surface area contributed by atoms with Gasteiger partial charge in [0.15, 0.2) is 5.82 Å². The molecule has 0 bridgehead atoms. The Morgan fingerprint density at radius 3 is 2.31 bits per heavy atom. The topological polar surface area (TPSA) is 214 Å². The highest BCUT2D eigenvalue weighted by Crippen LogP contribution is 2.32. The minimum atomic E-state index is -0.988. The maximum Gasteiger partial charge on any atom is 0.258 e. The number of likely N-dealkylation sites (tertiary alicyclic amines) is 1. The Hall–Kier alpha value is -7.29. The van der Waals surface area contributed by atoms with Crippen LogP contribution >= 0.6 is 11.3 Å². The number of H-pyrrole nitrogens is 1. The molecule has 406 valence electrons. The molecule has 0 aliphatic carbocycles. The van der Waals surface area contributed by atoms with Crippen LogP contribution in [0.3, 0.4) is 0 Å². The summed E-state index contributed by atoms with van der Waals surface area (Å²) in [5.41, 5.74) is 7.82. The monoisotopic (exact) mass is 1070 g/mol. The van der Waals surface area contributed by atoms with Crippen LogP contribution in [-0.4, -0.2) is 130 Å². The van der Waals surface area contributed by atoms with Crippen LogP contribution in [0.5, 0.6) is 0 Å². The summed E-state index contributed by atoms with van der Waals surface area (Å²) in [4.78, 5) is 79.5. The molecule has 2 aromatic heterocycles. The quantitative estimate of drug-likeness (QED) is 0.0532. The number of nitrogens with one attached hydrogen (secondary N) is 5. The summed E-state index contributed by atoms with van der Waals surface area (Å²) in [6, 6.07) is 20.6. The second kappa shape index (κ2) is 23.9. The molecule has 3 aliphatic heterocycles. The molecule has 5 amide bonds. The van der Waals surface area contributed by atoms with Crippen molar-refractivity contribution in [2.75, 3.05) is 61.5 Å².